The van der Waals surface area contributed by atoms with Crippen LogP contribution in [-0.2, 0) is 17.8 Å². The fraction of sp³-hybridized carbons (Fsp3) is 0.296. The fourth-order valence-corrected chi connectivity index (χ4v) is 4.49. The number of carbonyl (C=O) groups is 1. The number of aryl methyl sites for hydroxylation is 1. The Bertz CT molecular complexity index is 1140. The summed E-state index contributed by atoms with van der Waals surface area (Å²) < 4.78 is 44.5. The number of ether oxygens (including phenoxy) is 1. The minimum absolute atomic E-state index is 0.0134. The first kappa shape index (κ1) is 22.9. The van der Waals surface area contributed by atoms with Gasteiger partial charge in [0.05, 0.1) is 6.42 Å². The van der Waals surface area contributed by atoms with E-state index in [4.69, 9.17) is 4.74 Å². The lowest BCUT2D eigenvalue weighted by molar-refractivity contribution is -0.137. The van der Waals surface area contributed by atoms with Gasteiger partial charge in [-0.2, -0.15) is 13.2 Å². The number of hydrogen-bond donors (Lipinski definition) is 1. The van der Waals surface area contributed by atoms with E-state index in [1.165, 1.54) is 6.08 Å². The summed E-state index contributed by atoms with van der Waals surface area (Å²) in [5.41, 5.74) is 5.24. The van der Waals surface area contributed by atoms with Crippen LogP contribution in [0.3, 0.4) is 0 Å². The van der Waals surface area contributed by atoms with Crippen LogP contribution in [0.5, 0.6) is 5.75 Å². The number of halogens is 3. The van der Waals surface area contributed by atoms with Crippen molar-refractivity contribution in [2.24, 2.45) is 0 Å². The van der Waals surface area contributed by atoms with E-state index in [1.807, 2.05) is 42.5 Å². The van der Waals surface area contributed by atoms with Crippen LogP contribution < -0.4 is 4.74 Å². The Hall–Kier alpha value is -3.28. The van der Waals surface area contributed by atoms with Gasteiger partial charge in [-0.25, -0.2) is 0 Å². The van der Waals surface area contributed by atoms with Crippen molar-refractivity contribution >= 4 is 11.5 Å². The van der Waals surface area contributed by atoms with E-state index < -0.39 is 17.7 Å². The first-order valence-corrected chi connectivity index (χ1v) is 10.9. The van der Waals surface area contributed by atoms with Crippen LogP contribution in [0.1, 0.15) is 53.9 Å². The van der Waals surface area contributed by atoms with Gasteiger partial charge in [0.2, 0.25) is 0 Å². The highest BCUT2D eigenvalue weighted by molar-refractivity contribution is 5.70. The molecule has 2 aromatic carbocycles. The number of fused-ring (bicyclic) bond motifs is 1. The van der Waals surface area contributed by atoms with Crippen LogP contribution in [0.2, 0.25) is 0 Å². The van der Waals surface area contributed by atoms with Crippen LogP contribution in [0.15, 0.2) is 72.3 Å². The molecule has 0 aromatic heterocycles. The molecule has 2 aromatic rings. The number of alkyl halides is 3. The Morgan fingerprint density at radius 2 is 1.88 bits per heavy atom. The molecule has 0 bridgehead atoms. The predicted octanol–water partition coefficient (Wildman–Crippen LogP) is 6.99. The van der Waals surface area contributed by atoms with Gasteiger partial charge in [0.25, 0.3) is 0 Å². The molecule has 0 radical (unpaired) electrons. The summed E-state index contributed by atoms with van der Waals surface area (Å²) >= 11 is 0. The predicted molar refractivity (Wildman–Crippen MR) is 121 cm³/mol. The van der Waals surface area contributed by atoms with Gasteiger partial charge in [0.1, 0.15) is 12.4 Å². The third-order valence-corrected chi connectivity index (χ3v) is 6.29. The lowest BCUT2D eigenvalue weighted by Gasteiger charge is -2.27. The molecule has 1 unspecified atom stereocenters. The second-order valence-corrected chi connectivity index (χ2v) is 8.54. The first-order valence-electron chi connectivity index (χ1n) is 10.9. The molecule has 4 rings (SSSR count). The summed E-state index contributed by atoms with van der Waals surface area (Å²) in [6, 6.07) is 13.4. The summed E-state index contributed by atoms with van der Waals surface area (Å²) in [5, 5.41) is 9.22. The molecule has 0 spiro atoms. The second kappa shape index (κ2) is 9.30. The van der Waals surface area contributed by atoms with Crippen molar-refractivity contribution in [1.29, 1.82) is 0 Å². The van der Waals surface area contributed by atoms with Crippen LogP contribution in [0, 0.1) is 0 Å². The lowest BCUT2D eigenvalue weighted by atomic mass is 9.78. The number of rotatable bonds is 6. The standard InChI is InChI=1S/C27H25F3O3/c1-17-5-6-21-14-23(11-12-24(21)25(17)15-26(31)32)33-16-18-3-2-4-20(13-18)19-7-9-22(10-8-19)27(28,29)30/h2-4,7,9,11-14,25H,1,5-6,8,10,15-16H2,(H,31,32). The van der Waals surface area contributed by atoms with Gasteiger partial charge in [-0.3, -0.25) is 4.79 Å². The molecule has 0 aliphatic heterocycles. The van der Waals surface area contributed by atoms with E-state index in [1.54, 1.807) is 6.08 Å². The van der Waals surface area contributed by atoms with Gasteiger partial charge in [-0.15, -0.1) is 0 Å². The van der Waals surface area contributed by atoms with Crippen molar-refractivity contribution in [1.82, 2.24) is 0 Å². The number of allylic oxidation sites excluding steroid dienone is 5. The van der Waals surface area contributed by atoms with E-state index in [0.29, 0.717) is 18.8 Å². The molecular weight excluding hydrogens is 429 g/mol. The third-order valence-electron chi connectivity index (χ3n) is 6.29. The highest BCUT2D eigenvalue weighted by Crippen LogP contribution is 2.39. The van der Waals surface area contributed by atoms with Gasteiger partial charge in [0.15, 0.2) is 0 Å². The lowest BCUT2D eigenvalue weighted by Crippen LogP contribution is -2.15. The zero-order valence-corrected chi connectivity index (χ0v) is 18.1. The number of aliphatic carboxylic acids is 1. The Labute approximate surface area is 190 Å². The smallest absolute Gasteiger partial charge is 0.412 e. The second-order valence-electron chi connectivity index (χ2n) is 8.54. The van der Waals surface area contributed by atoms with Gasteiger partial charge in [-0.05, 0) is 71.7 Å². The number of hydrogen-bond acceptors (Lipinski definition) is 2. The molecule has 0 heterocycles. The van der Waals surface area contributed by atoms with E-state index >= 15 is 0 Å². The molecule has 6 heteroatoms. The molecule has 1 N–H and O–H groups in total. The van der Waals surface area contributed by atoms with Crippen molar-refractivity contribution in [3.8, 4) is 5.75 Å². The van der Waals surface area contributed by atoms with Crippen molar-refractivity contribution in [2.75, 3.05) is 0 Å². The van der Waals surface area contributed by atoms with Crippen LogP contribution in [-0.4, -0.2) is 17.3 Å². The molecule has 33 heavy (non-hydrogen) atoms. The molecule has 0 amide bonds. The van der Waals surface area contributed by atoms with Gasteiger partial charge >= 0.3 is 12.1 Å². The molecule has 0 saturated heterocycles. The van der Waals surface area contributed by atoms with Gasteiger partial charge < -0.3 is 9.84 Å². The van der Waals surface area contributed by atoms with E-state index in [-0.39, 0.29) is 18.8 Å². The quantitative estimate of drug-likeness (QED) is 0.479. The summed E-state index contributed by atoms with van der Waals surface area (Å²) in [5.74, 6) is -0.310. The molecule has 0 saturated carbocycles. The van der Waals surface area contributed by atoms with Crippen LogP contribution in [0.4, 0.5) is 13.2 Å². The zero-order chi connectivity index (χ0) is 23.6. The molecule has 172 valence electrons. The largest absolute Gasteiger partial charge is 0.489 e. The minimum Gasteiger partial charge on any atom is -0.489 e. The summed E-state index contributed by atoms with van der Waals surface area (Å²) in [4.78, 5) is 11.2. The average molecular weight is 454 g/mol. The van der Waals surface area contributed by atoms with Crippen molar-refractivity contribution in [2.45, 2.75) is 50.8 Å². The molecular formula is C27H25F3O3. The Kier molecular flexibility index (Phi) is 6.45. The molecule has 2 aliphatic carbocycles. The maximum Gasteiger partial charge on any atom is 0.412 e. The monoisotopic (exact) mass is 454 g/mol. The third kappa shape index (κ3) is 5.38. The Balaban J connectivity index is 1.45. The first-order chi connectivity index (χ1) is 15.7. The maximum absolute atomic E-state index is 12.9. The highest BCUT2D eigenvalue weighted by Gasteiger charge is 2.33. The zero-order valence-electron chi connectivity index (χ0n) is 18.1. The van der Waals surface area contributed by atoms with Crippen LogP contribution >= 0.6 is 0 Å². The fourth-order valence-electron chi connectivity index (χ4n) is 4.49. The summed E-state index contributed by atoms with van der Waals surface area (Å²) in [7, 11) is 0. The topological polar surface area (TPSA) is 46.5 Å². The molecule has 1 atom stereocenters. The minimum atomic E-state index is -4.27. The molecule has 0 fully saturated rings. The van der Waals surface area contributed by atoms with Crippen molar-refractivity contribution < 1.29 is 27.8 Å². The SMILES string of the molecule is C=C1CCc2cc(OCc3cccc(C4=CC=C(C(F)(F)F)CC4)c3)ccc2C1CC(=O)O. The summed E-state index contributed by atoms with van der Waals surface area (Å²) in [6.07, 6.45) is 0.388. The molecule has 3 nitrogen and oxygen atoms in total. The molecule has 2 aliphatic rings. The highest BCUT2D eigenvalue weighted by atomic mass is 19.4. The van der Waals surface area contributed by atoms with E-state index in [0.717, 1.165) is 46.2 Å². The Morgan fingerprint density at radius 3 is 2.58 bits per heavy atom. The number of carboxylic acid groups (broad SMARTS) is 1. The summed E-state index contributed by atoms with van der Waals surface area (Å²) in [6.45, 7) is 4.38. The number of benzene rings is 2. The van der Waals surface area contributed by atoms with Crippen molar-refractivity contribution in [3.63, 3.8) is 0 Å². The normalized spacial score (nSPS) is 18.3. The average Bonchev–Trinajstić information content (AvgIpc) is 2.79. The number of carboxylic acids is 1. The Morgan fingerprint density at radius 1 is 1.06 bits per heavy atom. The van der Waals surface area contributed by atoms with Crippen molar-refractivity contribution in [3.05, 3.63) is 94.6 Å². The van der Waals surface area contributed by atoms with Gasteiger partial charge in [0, 0.05) is 11.5 Å². The van der Waals surface area contributed by atoms with Crippen LogP contribution in [0.25, 0.3) is 5.57 Å². The van der Waals surface area contributed by atoms with E-state index in [2.05, 4.69) is 6.58 Å². The van der Waals surface area contributed by atoms with Gasteiger partial charge in [-0.1, -0.05) is 48.6 Å². The maximum atomic E-state index is 12.9. The van der Waals surface area contributed by atoms with E-state index in [9.17, 15) is 23.1 Å².